The Morgan fingerprint density at radius 3 is 2.95 bits per heavy atom. The van der Waals surface area contributed by atoms with Gasteiger partial charge in [0.05, 0.1) is 6.42 Å². The van der Waals surface area contributed by atoms with Crippen molar-refractivity contribution in [1.82, 2.24) is 4.98 Å². The maximum atomic E-state index is 13.7. The number of carbonyl (C=O) groups is 1. The highest BCUT2D eigenvalue weighted by molar-refractivity contribution is 6.31. The van der Waals surface area contributed by atoms with Crippen LogP contribution in [0, 0.1) is 12.7 Å². The van der Waals surface area contributed by atoms with Crippen molar-refractivity contribution in [3.63, 3.8) is 0 Å². The molecular weight excluding hydrogens is 307 g/mol. The Morgan fingerprint density at radius 2 is 2.18 bits per heavy atom. The third kappa shape index (κ3) is 2.94. The number of carbonyl (C=O) groups excluding carboxylic acids is 1. The highest BCUT2D eigenvalue weighted by Gasteiger charge is 2.12. The molecule has 4 nitrogen and oxygen atoms in total. The second-order valence-corrected chi connectivity index (χ2v) is 5.25. The largest absolute Gasteiger partial charge is 0.441 e. The summed E-state index contributed by atoms with van der Waals surface area (Å²) >= 11 is 5.92. The Kier molecular flexibility index (Phi) is 3.81. The van der Waals surface area contributed by atoms with E-state index in [0.717, 1.165) is 0 Å². The van der Waals surface area contributed by atoms with E-state index in [2.05, 4.69) is 10.3 Å². The molecule has 1 heterocycles. The summed E-state index contributed by atoms with van der Waals surface area (Å²) in [5.74, 6) is -0.298. The highest BCUT2D eigenvalue weighted by Crippen LogP contribution is 2.22. The van der Waals surface area contributed by atoms with E-state index in [0.29, 0.717) is 22.7 Å². The van der Waals surface area contributed by atoms with Crippen molar-refractivity contribution >= 4 is 34.3 Å². The van der Waals surface area contributed by atoms with Crippen LogP contribution in [0.5, 0.6) is 0 Å². The average Bonchev–Trinajstić information content (AvgIpc) is 2.82. The molecule has 0 saturated carbocycles. The van der Waals surface area contributed by atoms with Gasteiger partial charge >= 0.3 is 0 Å². The maximum absolute atomic E-state index is 13.7. The Morgan fingerprint density at radius 1 is 1.36 bits per heavy atom. The predicted molar refractivity (Wildman–Crippen MR) is 82.5 cm³/mol. The van der Waals surface area contributed by atoms with Gasteiger partial charge in [0.15, 0.2) is 11.5 Å². The van der Waals surface area contributed by atoms with E-state index in [4.69, 9.17) is 16.0 Å². The van der Waals surface area contributed by atoms with Gasteiger partial charge in [0.25, 0.3) is 0 Å². The van der Waals surface area contributed by atoms with Crippen molar-refractivity contribution in [2.24, 2.45) is 0 Å². The fourth-order valence-corrected chi connectivity index (χ4v) is 2.42. The monoisotopic (exact) mass is 318 g/mol. The van der Waals surface area contributed by atoms with Crippen molar-refractivity contribution in [3.8, 4) is 0 Å². The van der Waals surface area contributed by atoms with Crippen LogP contribution >= 0.6 is 11.6 Å². The van der Waals surface area contributed by atoms with Crippen LogP contribution in [-0.4, -0.2) is 10.9 Å². The van der Waals surface area contributed by atoms with Gasteiger partial charge < -0.3 is 9.73 Å². The van der Waals surface area contributed by atoms with Gasteiger partial charge in [0.1, 0.15) is 11.3 Å². The smallest absolute Gasteiger partial charge is 0.228 e. The summed E-state index contributed by atoms with van der Waals surface area (Å²) in [6.07, 6.45) is -0.138. The SMILES string of the molecule is Cc1nc2cc(NC(=O)Cc3c(F)cccc3Cl)ccc2o1. The standard InChI is InChI=1S/C16H12ClFN2O2/c1-9-19-14-7-10(5-6-15(14)22-9)20-16(21)8-11-12(17)3-2-4-13(11)18/h2-7H,8H2,1H3,(H,20,21). The molecule has 3 aromatic rings. The molecule has 0 saturated heterocycles. The van der Waals surface area contributed by atoms with Crippen LogP contribution in [0.3, 0.4) is 0 Å². The normalized spacial score (nSPS) is 10.9. The number of fused-ring (bicyclic) bond motifs is 1. The fourth-order valence-electron chi connectivity index (χ4n) is 2.19. The van der Waals surface area contributed by atoms with Gasteiger partial charge in [0.2, 0.25) is 5.91 Å². The average molecular weight is 319 g/mol. The number of nitrogens with one attached hydrogen (secondary N) is 1. The van der Waals surface area contributed by atoms with Crippen LogP contribution in [0.15, 0.2) is 40.8 Å². The summed E-state index contributed by atoms with van der Waals surface area (Å²) in [5, 5.41) is 2.93. The molecule has 2 aromatic carbocycles. The van der Waals surface area contributed by atoms with E-state index in [1.165, 1.54) is 12.1 Å². The molecule has 0 bridgehead atoms. The summed E-state index contributed by atoms with van der Waals surface area (Å²) in [6.45, 7) is 1.75. The first-order chi connectivity index (χ1) is 10.5. The summed E-state index contributed by atoms with van der Waals surface area (Å²) in [4.78, 5) is 16.2. The summed E-state index contributed by atoms with van der Waals surface area (Å²) in [5.41, 5.74) is 2.05. The van der Waals surface area contributed by atoms with E-state index in [1.54, 1.807) is 31.2 Å². The van der Waals surface area contributed by atoms with Crippen LogP contribution in [-0.2, 0) is 11.2 Å². The molecule has 0 aliphatic heterocycles. The van der Waals surface area contributed by atoms with E-state index in [-0.39, 0.29) is 22.9 Å². The molecular formula is C16H12ClFN2O2. The van der Waals surface area contributed by atoms with Gasteiger partial charge in [-0.25, -0.2) is 9.37 Å². The van der Waals surface area contributed by atoms with Gasteiger partial charge in [-0.3, -0.25) is 4.79 Å². The van der Waals surface area contributed by atoms with Gasteiger partial charge in [-0.15, -0.1) is 0 Å². The molecule has 0 aliphatic carbocycles. The first kappa shape index (κ1) is 14.5. The van der Waals surface area contributed by atoms with Gasteiger partial charge in [-0.05, 0) is 30.3 Å². The fraction of sp³-hybridized carbons (Fsp3) is 0.125. The number of amides is 1. The number of benzene rings is 2. The Balaban J connectivity index is 1.78. The molecule has 0 spiro atoms. The Bertz CT molecular complexity index is 840. The van der Waals surface area contributed by atoms with Crippen LogP contribution < -0.4 is 5.32 Å². The predicted octanol–water partition coefficient (Wildman–Crippen LogP) is 4.11. The van der Waals surface area contributed by atoms with Crippen molar-refractivity contribution in [2.45, 2.75) is 13.3 Å². The minimum atomic E-state index is -0.495. The van der Waals surface area contributed by atoms with E-state index in [1.807, 2.05) is 0 Å². The molecule has 1 aromatic heterocycles. The Hall–Kier alpha value is -2.40. The molecule has 112 valence electrons. The number of aromatic nitrogens is 1. The third-order valence-corrected chi connectivity index (χ3v) is 3.53. The van der Waals surface area contributed by atoms with Crippen LogP contribution in [0.4, 0.5) is 10.1 Å². The minimum Gasteiger partial charge on any atom is -0.441 e. The lowest BCUT2D eigenvalue weighted by molar-refractivity contribution is -0.115. The summed E-state index contributed by atoms with van der Waals surface area (Å²) in [6, 6.07) is 9.46. The van der Waals surface area contributed by atoms with Gasteiger partial charge in [0, 0.05) is 23.2 Å². The number of nitrogens with zero attached hydrogens (tertiary/aromatic N) is 1. The molecule has 0 fully saturated rings. The van der Waals surface area contributed by atoms with Crippen molar-refractivity contribution in [2.75, 3.05) is 5.32 Å². The number of halogens is 2. The van der Waals surface area contributed by atoms with Crippen LogP contribution in [0.1, 0.15) is 11.5 Å². The number of rotatable bonds is 3. The molecule has 3 rings (SSSR count). The highest BCUT2D eigenvalue weighted by atomic mass is 35.5. The number of anilines is 1. The lowest BCUT2D eigenvalue weighted by atomic mass is 10.1. The minimum absolute atomic E-state index is 0.138. The lowest BCUT2D eigenvalue weighted by Crippen LogP contribution is -2.15. The number of hydrogen-bond donors (Lipinski definition) is 1. The maximum Gasteiger partial charge on any atom is 0.228 e. The van der Waals surface area contributed by atoms with Gasteiger partial charge in [-0.2, -0.15) is 0 Å². The zero-order chi connectivity index (χ0) is 15.7. The lowest BCUT2D eigenvalue weighted by Gasteiger charge is -2.07. The molecule has 6 heteroatoms. The third-order valence-electron chi connectivity index (χ3n) is 3.18. The number of hydrogen-bond acceptors (Lipinski definition) is 3. The van der Waals surface area contributed by atoms with Crippen molar-refractivity contribution < 1.29 is 13.6 Å². The first-order valence-electron chi connectivity index (χ1n) is 6.63. The van der Waals surface area contributed by atoms with Crippen LogP contribution in [0.25, 0.3) is 11.1 Å². The van der Waals surface area contributed by atoms with Crippen LogP contribution in [0.2, 0.25) is 5.02 Å². The first-order valence-corrected chi connectivity index (χ1v) is 7.00. The summed E-state index contributed by atoms with van der Waals surface area (Å²) in [7, 11) is 0. The zero-order valence-electron chi connectivity index (χ0n) is 11.7. The molecule has 0 aliphatic rings. The quantitative estimate of drug-likeness (QED) is 0.790. The number of aryl methyl sites for hydroxylation is 1. The number of oxazole rings is 1. The van der Waals surface area contributed by atoms with Crippen molar-refractivity contribution in [3.05, 3.63) is 58.7 Å². The van der Waals surface area contributed by atoms with E-state index >= 15 is 0 Å². The second kappa shape index (κ2) is 5.77. The molecule has 1 N–H and O–H groups in total. The molecule has 0 unspecified atom stereocenters. The van der Waals surface area contributed by atoms with E-state index in [9.17, 15) is 9.18 Å². The second-order valence-electron chi connectivity index (χ2n) is 4.84. The van der Waals surface area contributed by atoms with Crippen molar-refractivity contribution in [1.29, 1.82) is 0 Å². The van der Waals surface area contributed by atoms with E-state index < -0.39 is 5.82 Å². The summed E-state index contributed by atoms with van der Waals surface area (Å²) < 4.78 is 19.0. The zero-order valence-corrected chi connectivity index (χ0v) is 12.4. The Labute approximate surface area is 130 Å². The molecule has 22 heavy (non-hydrogen) atoms. The van der Waals surface area contributed by atoms with Gasteiger partial charge in [-0.1, -0.05) is 17.7 Å². The molecule has 0 atom stereocenters. The topological polar surface area (TPSA) is 55.1 Å². The molecule has 0 radical (unpaired) electrons. The molecule has 1 amide bonds.